The monoisotopic (exact) mass is 348 g/mol. The Balaban J connectivity index is 0.000000425. The highest BCUT2D eigenvalue weighted by molar-refractivity contribution is 5.66. The summed E-state index contributed by atoms with van der Waals surface area (Å²) < 4.78 is 27.3. The van der Waals surface area contributed by atoms with Crippen molar-refractivity contribution in [2.24, 2.45) is 0 Å². The van der Waals surface area contributed by atoms with Gasteiger partial charge in [-0.15, -0.1) is 0 Å². The van der Waals surface area contributed by atoms with Gasteiger partial charge in [0.1, 0.15) is 13.2 Å². The van der Waals surface area contributed by atoms with E-state index in [-0.39, 0.29) is 33.0 Å². The number of aryl methyl sites for hydroxylation is 1. The summed E-state index contributed by atoms with van der Waals surface area (Å²) in [6, 6.07) is 0. The van der Waals surface area contributed by atoms with Crippen molar-refractivity contribution >= 4 is 18.1 Å². The van der Waals surface area contributed by atoms with Gasteiger partial charge in [0.25, 0.3) is 0 Å². The molecule has 0 radical (unpaired) electrons. The Morgan fingerprint density at radius 3 is 2.17 bits per heavy atom. The number of ether oxygens (including phenoxy) is 4. The van der Waals surface area contributed by atoms with Crippen LogP contribution in [0.2, 0.25) is 0 Å². The van der Waals surface area contributed by atoms with Crippen LogP contribution in [0.15, 0.2) is 13.6 Å². The number of rotatable bonds is 4. The molecule has 0 aliphatic carbocycles. The zero-order chi connectivity index (χ0) is 17.4. The molecular weight excluding hydrogens is 328 g/mol. The predicted molar refractivity (Wildman–Crippen MR) is 77.0 cm³/mol. The zero-order valence-electron chi connectivity index (χ0n) is 12.8. The van der Waals surface area contributed by atoms with E-state index in [1.165, 1.54) is 13.8 Å². The van der Waals surface area contributed by atoms with Crippen LogP contribution in [0, 0.1) is 6.92 Å². The molecule has 0 N–H and O–H groups in total. The van der Waals surface area contributed by atoms with Gasteiger partial charge in [0, 0.05) is 13.8 Å². The van der Waals surface area contributed by atoms with Crippen LogP contribution in [-0.2, 0) is 35.1 Å². The molecule has 1 aromatic heterocycles. The molecule has 136 valence electrons. The van der Waals surface area contributed by atoms with Gasteiger partial charge in [0.05, 0.1) is 0 Å². The van der Waals surface area contributed by atoms with Crippen LogP contribution in [0.3, 0.4) is 0 Å². The summed E-state index contributed by atoms with van der Waals surface area (Å²) in [6.45, 7) is 4.29. The molecule has 2 rings (SSSR count). The first-order valence-corrected chi connectivity index (χ1v) is 6.47. The summed E-state index contributed by atoms with van der Waals surface area (Å²) in [5, 5.41) is 0. The van der Waals surface area contributed by atoms with Gasteiger partial charge in [-0.25, -0.2) is 9.59 Å². The highest BCUT2D eigenvalue weighted by Crippen LogP contribution is 2.06. The third kappa shape index (κ3) is 8.01. The van der Waals surface area contributed by atoms with Gasteiger partial charge in [-0.1, -0.05) is 7.43 Å². The molecule has 10 heteroatoms. The first-order valence-electron chi connectivity index (χ1n) is 6.47. The summed E-state index contributed by atoms with van der Waals surface area (Å²) >= 11 is 0. The number of hydrogen-bond acceptors (Lipinski definition) is 10. The normalized spacial score (nSPS) is 15.1. The lowest BCUT2D eigenvalue weighted by atomic mass is 10.4. The number of hydrogen-bond donors (Lipinski definition) is 0. The second kappa shape index (κ2) is 10.1. The Morgan fingerprint density at radius 1 is 1.12 bits per heavy atom. The summed E-state index contributed by atoms with van der Waals surface area (Å²) in [7, 11) is 0. The molecule has 1 aliphatic rings. The van der Waals surface area contributed by atoms with Crippen LogP contribution in [0.25, 0.3) is 0 Å². The van der Waals surface area contributed by atoms with Crippen LogP contribution >= 0.6 is 0 Å². The van der Waals surface area contributed by atoms with E-state index in [0.29, 0.717) is 5.76 Å². The number of carbonyl (C=O) groups is 3. The molecule has 0 amide bonds. The Bertz CT molecular complexity index is 611. The molecule has 0 saturated carbocycles. The van der Waals surface area contributed by atoms with E-state index in [9.17, 15) is 19.2 Å². The van der Waals surface area contributed by atoms with Crippen LogP contribution in [0.5, 0.6) is 0 Å². The Labute approximate surface area is 137 Å². The van der Waals surface area contributed by atoms with Gasteiger partial charge < -0.3 is 27.8 Å². The van der Waals surface area contributed by atoms with Gasteiger partial charge in [-0.05, 0) is 6.92 Å². The molecule has 2 heterocycles. The van der Waals surface area contributed by atoms with Crippen LogP contribution < -0.4 is 5.82 Å². The van der Waals surface area contributed by atoms with E-state index in [0.717, 1.165) is 0 Å². The molecule has 0 spiro atoms. The van der Waals surface area contributed by atoms with Crippen molar-refractivity contribution in [3.63, 3.8) is 0 Å². The summed E-state index contributed by atoms with van der Waals surface area (Å²) in [4.78, 5) is 41.4. The zero-order valence-corrected chi connectivity index (χ0v) is 12.8. The molecule has 1 unspecified atom stereocenters. The molecule has 10 nitrogen and oxygen atoms in total. The van der Waals surface area contributed by atoms with Gasteiger partial charge in [-0.3, -0.25) is 9.59 Å². The molecule has 1 atom stereocenters. The lowest BCUT2D eigenvalue weighted by Crippen LogP contribution is -2.19. The van der Waals surface area contributed by atoms with E-state index in [1.807, 2.05) is 0 Å². The molecular formula is C14H20O10. The SMILES string of the molecule is C.CC(=O)OCC1COC(=O)O1.CC(=O)OCc1oc(=O)oc1C. The van der Waals surface area contributed by atoms with E-state index in [4.69, 9.17) is 0 Å². The molecule has 1 aromatic rings. The van der Waals surface area contributed by atoms with Gasteiger partial charge >= 0.3 is 23.9 Å². The van der Waals surface area contributed by atoms with Crippen molar-refractivity contribution in [2.75, 3.05) is 13.2 Å². The van der Waals surface area contributed by atoms with E-state index in [2.05, 4.69) is 27.8 Å². The number of carbonyl (C=O) groups excluding carboxylic acids is 3. The highest BCUT2D eigenvalue weighted by atomic mass is 16.8. The van der Waals surface area contributed by atoms with E-state index >= 15 is 0 Å². The van der Waals surface area contributed by atoms with Gasteiger partial charge in [-0.2, -0.15) is 0 Å². The minimum absolute atomic E-state index is 0. The van der Waals surface area contributed by atoms with Crippen molar-refractivity contribution in [1.82, 2.24) is 0 Å². The van der Waals surface area contributed by atoms with Crippen LogP contribution in [0.4, 0.5) is 4.79 Å². The molecule has 0 bridgehead atoms. The smallest absolute Gasteiger partial charge is 0.462 e. The lowest BCUT2D eigenvalue weighted by Gasteiger charge is -2.04. The van der Waals surface area contributed by atoms with Crippen molar-refractivity contribution in [2.45, 2.75) is 40.9 Å². The fourth-order valence-electron chi connectivity index (χ4n) is 1.33. The first-order chi connectivity index (χ1) is 10.8. The second-order valence-electron chi connectivity index (χ2n) is 4.32. The average Bonchev–Trinajstić information content (AvgIpc) is 3.00. The lowest BCUT2D eigenvalue weighted by molar-refractivity contribution is -0.144. The summed E-state index contributed by atoms with van der Waals surface area (Å²) in [5.41, 5.74) is 0. The maximum Gasteiger partial charge on any atom is 0.519 e. The first kappa shape index (κ1) is 21.2. The highest BCUT2D eigenvalue weighted by Gasteiger charge is 2.25. The molecule has 0 aromatic carbocycles. The average molecular weight is 348 g/mol. The minimum atomic E-state index is -0.783. The molecule has 1 saturated heterocycles. The topological polar surface area (TPSA) is 131 Å². The van der Waals surface area contributed by atoms with Crippen molar-refractivity contribution < 1.29 is 42.2 Å². The third-order valence-corrected chi connectivity index (χ3v) is 2.36. The van der Waals surface area contributed by atoms with E-state index in [1.54, 1.807) is 6.92 Å². The maximum absolute atomic E-state index is 10.5. The van der Waals surface area contributed by atoms with Gasteiger partial charge in [0.15, 0.2) is 24.2 Å². The molecule has 24 heavy (non-hydrogen) atoms. The number of esters is 2. The number of cyclic esters (lactones) is 2. The Kier molecular flexibility index (Phi) is 8.91. The summed E-state index contributed by atoms with van der Waals surface area (Å²) in [5.74, 6) is -1.03. The Hall–Kier alpha value is -2.78. The maximum atomic E-state index is 10.5. The van der Waals surface area contributed by atoms with Crippen molar-refractivity contribution in [3.05, 3.63) is 22.1 Å². The quantitative estimate of drug-likeness (QED) is 0.579. The Morgan fingerprint density at radius 2 is 1.75 bits per heavy atom. The minimum Gasteiger partial charge on any atom is -0.462 e. The third-order valence-electron chi connectivity index (χ3n) is 2.36. The van der Waals surface area contributed by atoms with Crippen molar-refractivity contribution in [1.29, 1.82) is 0 Å². The fourth-order valence-corrected chi connectivity index (χ4v) is 1.33. The predicted octanol–water partition coefficient (Wildman–Crippen LogP) is 1.33. The van der Waals surface area contributed by atoms with Crippen LogP contribution in [-0.4, -0.2) is 37.4 Å². The van der Waals surface area contributed by atoms with Crippen LogP contribution in [0.1, 0.15) is 32.8 Å². The second-order valence-corrected chi connectivity index (χ2v) is 4.32. The largest absolute Gasteiger partial charge is 0.519 e. The molecule has 1 fully saturated rings. The summed E-state index contributed by atoms with van der Waals surface area (Å²) in [6.07, 6.45) is -1.14. The van der Waals surface area contributed by atoms with Crippen molar-refractivity contribution in [3.8, 4) is 0 Å². The van der Waals surface area contributed by atoms with Gasteiger partial charge in [0.2, 0.25) is 0 Å². The fraction of sp³-hybridized carbons (Fsp3) is 0.571. The standard InChI is InChI=1S/C7H8O5.C6H8O5.CH4/c1-4-6(3-10-5(2)8)12-7(9)11-4;1-4(7)9-2-5-3-10-6(8)11-5;/h3H2,1-2H3;5H,2-3H2,1H3;1H4. The molecule has 1 aliphatic heterocycles. The van der Waals surface area contributed by atoms with E-state index < -0.39 is 30.0 Å².